The maximum absolute atomic E-state index is 12.3. The number of anilines is 1. The van der Waals surface area contributed by atoms with E-state index < -0.39 is 0 Å². The Bertz CT molecular complexity index is 733. The number of rotatable bonds is 4. The number of amides is 2. The van der Waals surface area contributed by atoms with Gasteiger partial charge in [0.15, 0.2) is 0 Å². The predicted molar refractivity (Wildman–Crippen MR) is 95.0 cm³/mol. The average molecular weight is 322 g/mol. The van der Waals surface area contributed by atoms with Gasteiger partial charge in [-0.3, -0.25) is 9.59 Å². The predicted octanol–water partition coefficient (Wildman–Crippen LogP) is 4.01. The molecule has 2 aromatic carbocycles. The summed E-state index contributed by atoms with van der Waals surface area (Å²) in [6.07, 6.45) is 1.41. The summed E-state index contributed by atoms with van der Waals surface area (Å²) in [7, 11) is 0. The molecule has 4 nitrogen and oxygen atoms in total. The van der Waals surface area contributed by atoms with E-state index >= 15 is 0 Å². The van der Waals surface area contributed by atoms with E-state index in [9.17, 15) is 9.59 Å². The standard InChI is InChI=1S/C20H22N2O2/c1-13(2)14-3-5-16(6-4-14)20(24)21-17-9-7-15(8-10-17)18-11-12-19(23)22-18/h3-10,13,18H,11-12H2,1-2H3,(H,21,24)(H,22,23). The van der Waals surface area contributed by atoms with Gasteiger partial charge in [-0.2, -0.15) is 0 Å². The summed E-state index contributed by atoms with van der Waals surface area (Å²) >= 11 is 0. The van der Waals surface area contributed by atoms with E-state index in [0.717, 1.165) is 17.7 Å². The van der Waals surface area contributed by atoms with Gasteiger partial charge in [-0.25, -0.2) is 0 Å². The minimum atomic E-state index is -0.118. The monoisotopic (exact) mass is 322 g/mol. The van der Waals surface area contributed by atoms with Crippen molar-refractivity contribution in [1.82, 2.24) is 5.32 Å². The van der Waals surface area contributed by atoms with Gasteiger partial charge in [-0.15, -0.1) is 0 Å². The zero-order chi connectivity index (χ0) is 17.1. The molecule has 0 aromatic heterocycles. The second-order valence-electron chi connectivity index (χ2n) is 6.51. The van der Waals surface area contributed by atoms with Gasteiger partial charge >= 0.3 is 0 Å². The van der Waals surface area contributed by atoms with Crippen molar-refractivity contribution in [2.75, 3.05) is 5.32 Å². The first-order valence-corrected chi connectivity index (χ1v) is 8.33. The van der Waals surface area contributed by atoms with Gasteiger partial charge in [0.2, 0.25) is 5.91 Å². The second kappa shape index (κ2) is 6.87. The molecule has 124 valence electrons. The molecule has 2 amide bonds. The van der Waals surface area contributed by atoms with Crippen molar-refractivity contribution >= 4 is 17.5 Å². The van der Waals surface area contributed by atoms with Crippen LogP contribution in [0.25, 0.3) is 0 Å². The molecule has 1 atom stereocenters. The van der Waals surface area contributed by atoms with Crippen LogP contribution in [0.1, 0.15) is 60.1 Å². The summed E-state index contributed by atoms with van der Waals surface area (Å²) in [6.45, 7) is 4.26. The second-order valence-corrected chi connectivity index (χ2v) is 6.51. The van der Waals surface area contributed by atoms with Gasteiger partial charge in [0.1, 0.15) is 0 Å². The summed E-state index contributed by atoms with van der Waals surface area (Å²) < 4.78 is 0. The van der Waals surface area contributed by atoms with E-state index in [4.69, 9.17) is 0 Å². The number of carbonyl (C=O) groups excluding carboxylic acids is 2. The molecule has 1 aliphatic rings. The maximum Gasteiger partial charge on any atom is 0.255 e. The molecule has 1 unspecified atom stereocenters. The van der Waals surface area contributed by atoms with Crippen LogP contribution in [-0.4, -0.2) is 11.8 Å². The van der Waals surface area contributed by atoms with Crippen LogP contribution in [0.5, 0.6) is 0 Å². The topological polar surface area (TPSA) is 58.2 Å². The number of hydrogen-bond acceptors (Lipinski definition) is 2. The summed E-state index contributed by atoms with van der Waals surface area (Å²) in [6, 6.07) is 15.4. The molecule has 1 saturated heterocycles. The minimum absolute atomic E-state index is 0.0887. The van der Waals surface area contributed by atoms with Crippen LogP contribution in [0.4, 0.5) is 5.69 Å². The summed E-state index contributed by atoms with van der Waals surface area (Å²) in [5.74, 6) is 0.431. The van der Waals surface area contributed by atoms with Gasteiger partial charge < -0.3 is 10.6 Å². The van der Waals surface area contributed by atoms with Gasteiger partial charge in [-0.05, 0) is 47.7 Å². The van der Waals surface area contributed by atoms with E-state index in [1.54, 1.807) is 0 Å². The molecule has 3 rings (SSSR count). The van der Waals surface area contributed by atoms with Crippen LogP contribution in [-0.2, 0) is 4.79 Å². The number of nitrogens with one attached hydrogen (secondary N) is 2. The zero-order valence-corrected chi connectivity index (χ0v) is 14.0. The van der Waals surface area contributed by atoms with Crippen LogP contribution in [0, 0.1) is 0 Å². The average Bonchev–Trinajstić information content (AvgIpc) is 3.02. The van der Waals surface area contributed by atoms with E-state index in [2.05, 4.69) is 24.5 Å². The Labute approximate surface area is 142 Å². The third-order valence-electron chi connectivity index (χ3n) is 4.41. The zero-order valence-electron chi connectivity index (χ0n) is 14.0. The Morgan fingerprint density at radius 1 is 1.08 bits per heavy atom. The lowest BCUT2D eigenvalue weighted by molar-refractivity contribution is -0.119. The van der Waals surface area contributed by atoms with Crippen LogP contribution in [0.15, 0.2) is 48.5 Å². The Morgan fingerprint density at radius 3 is 2.29 bits per heavy atom. The highest BCUT2D eigenvalue weighted by Crippen LogP contribution is 2.25. The Hall–Kier alpha value is -2.62. The van der Waals surface area contributed by atoms with Crippen molar-refractivity contribution in [3.8, 4) is 0 Å². The first-order valence-electron chi connectivity index (χ1n) is 8.33. The SMILES string of the molecule is CC(C)c1ccc(C(=O)Nc2ccc(C3CCC(=O)N3)cc2)cc1. The van der Waals surface area contributed by atoms with Gasteiger partial charge in [-0.1, -0.05) is 38.1 Å². The van der Waals surface area contributed by atoms with Crippen molar-refractivity contribution in [2.24, 2.45) is 0 Å². The molecule has 0 bridgehead atoms. The lowest BCUT2D eigenvalue weighted by Crippen LogP contribution is -2.18. The fourth-order valence-corrected chi connectivity index (χ4v) is 2.89. The van der Waals surface area contributed by atoms with Crippen LogP contribution < -0.4 is 10.6 Å². The Morgan fingerprint density at radius 2 is 1.75 bits per heavy atom. The third-order valence-corrected chi connectivity index (χ3v) is 4.41. The van der Waals surface area contributed by atoms with Crippen LogP contribution >= 0.6 is 0 Å². The highest BCUT2D eigenvalue weighted by Gasteiger charge is 2.21. The fraction of sp³-hybridized carbons (Fsp3) is 0.300. The quantitative estimate of drug-likeness (QED) is 0.893. The van der Waals surface area contributed by atoms with Crippen LogP contribution in [0.3, 0.4) is 0 Å². The van der Waals surface area contributed by atoms with Crippen LogP contribution in [0.2, 0.25) is 0 Å². The van der Waals surface area contributed by atoms with Gasteiger partial charge in [0, 0.05) is 17.7 Å². The molecule has 2 aromatic rings. The highest BCUT2D eigenvalue weighted by molar-refractivity contribution is 6.04. The molecule has 2 N–H and O–H groups in total. The molecular weight excluding hydrogens is 300 g/mol. The number of benzene rings is 2. The molecule has 24 heavy (non-hydrogen) atoms. The van der Waals surface area contributed by atoms with Crippen molar-refractivity contribution in [1.29, 1.82) is 0 Å². The van der Waals surface area contributed by atoms with Crippen molar-refractivity contribution < 1.29 is 9.59 Å². The molecule has 0 spiro atoms. The van der Waals surface area contributed by atoms with E-state index in [-0.39, 0.29) is 17.9 Å². The largest absolute Gasteiger partial charge is 0.349 e. The lowest BCUT2D eigenvalue weighted by atomic mass is 10.0. The van der Waals surface area contributed by atoms with E-state index in [1.807, 2.05) is 48.5 Å². The molecular formula is C20H22N2O2. The summed E-state index contributed by atoms with van der Waals surface area (Å²) in [5, 5.41) is 5.85. The Balaban J connectivity index is 1.65. The first-order chi connectivity index (χ1) is 11.5. The van der Waals surface area contributed by atoms with Gasteiger partial charge in [0.25, 0.3) is 5.91 Å². The van der Waals surface area contributed by atoms with Gasteiger partial charge in [0.05, 0.1) is 6.04 Å². The molecule has 1 aliphatic heterocycles. The van der Waals surface area contributed by atoms with Crippen molar-refractivity contribution in [3.63, 3.8) is 0 Å². The van der Waals surface area contributed by atoms with E-state index in [0.29, 0.717) is 17.9 Å². The fourth-order valence-electron chi connectivity index (χ4n) is 2.89. The maximum atomic E-state index is 12.3. The minimum Gasteiger partial charge on any atom is -0.349 e. The van der Waals surface area contributed by atoms with Crippen molar-refractivity contribution in [2.45, 2.75) is 38.6 Å². The number of carbonyl (C=O) groups is 2. The van der Waals surface area contributed by atoms with E-state index in [1.165, 1.54) is 5.56 Å². The third kappa shape index (κ3) is 3.65. The molecule has 1 heterocycles. The first kappa shape index (κ1) is 16.2. The molecule has 0 radical (unpaired) electrons. The normalized spacial score (nSPS) is 17.0. The molecule has 0 aliphatic carbocycles. The Kier molecular flexibility index (Phi) is 4.65. The molecule has 1 fully saturated rings. The lowest BCUT2D eigenvalue weighted by Gasteiger charge is -2.12. The number of hydrogen-bond donors (Lipinski definition) is 2. The van der Waals surface area contributed by atoms with Crippen molar-refractivity contribution in [3.05, 3.63) is 65.2 Å². The molecule has 4 heteroatoms. The summed E-state index contributed by atoms with van der Waals surface area (Å²) in [5.41, 5.74) is 3.68. The molecule has 0 saturated carbocycles. The highest BCUT2D eigenvalue weighted by atomic mass is 16.2. The summed E-state index contributed by atoms with van der Waals surface area (Å²) in [4.78, 5) is 23.6. The smallest absolute Gasteiger partial charge is 0.255 e.